The van der Waals surface area contributed by atoms with E-state index in [0.29, 0.717) is 5.95 Å². The molecule has 0 saturated carbocycles. The summed E-state index contributed by atoms with van der Waals surface area (Å²) in [5.41, 5.74) is 9.22. The van der Waals surface area contributed by atoms with Crippen LogP contribution in [0.1, 0.15) is 0 Å². The highest BCUT2D eigenvalue weighted by atomic mass is 32.1. The van der Waals surface area contributed by atoms with Gasteiger partial charge in [-0.25, -0.2) is 9.97 Å². The van der Waals surface area contributed by atoms with Gasteiger partial charge in [0.25, 0.3) is 0 Å². The Morgan fingerprint density at radius 2 is 1.11 bits per heavy atom. The number of fused-ring (bicyclic) bond motifs is 14. The third-order valence-electron chi connectivity index (χ3n) is 10.8. The first-order valence-electron chi connectivity index (χ1n) is 17.8. The molecule has 5 heteroatoms. The second-order valence-corrected chi connectivity index (χ2v) is 14.8. The van der Waals surface area contributed by atoms with Gasteiger partial charge < -0.3 is 4.42 Å². The van der Waals surface area contributed by atoms with Crippen molar-refractivity contribution in [3.8, 4) is 28.3 Å². The maximum Gasteiger partial charge on any atom is 0.235 e. The number of rotatable bonds is 3. The van der Waals surface area contributed by atoms with Crippen molar-refractivity contribution in [1.29, 1.82) is 0 Å². The second-order valence-electron chi connectivity index (χ2n) is 13.7. The lowest BCUT2D eigenvalue weighted by molar-refractivity contribution is 0.669. The van der Waals surface area contributed by atoms with Crippen molar-refractivity contribution in [3.05, 3.63) is 164 Å². The van der Waals surface area contributed by atoms with E-state index < -0.39 is 0 Å². The van der Waals surface area contributed by atoms with Crippen LogP contribution in [-0.2, 0) is 0 Å². The summed E-state index contributed by atoms with van der Waals surface area (Å²) in [6.45, 7) is 0. The average Bonchev–Trinajstić information content (AvgIpc) is 3.90. The summed E-state index contributed by atoms with van der Waals surface area (Å²) in [5.74, 6) is 0.654. The van der Waals surface area contributed by atoms with Crippen LogP contribution in [0.3, 0.4) is 0 Å². The summed E-state index contributed by atoms with van der Waals surface area (Å²) < 4.78 is 11.0. The number of para-hydroxylation sites is 3. The van der Waals surface area contributed by atoms with E-state index in [1.807, 2.05) is 23.5 Å². The normalized spacial score (nSPS) is 12.2. The molecule has 0 aliphatic heterocycles. The molecule has 0 saturated heterocycles. The first-order chi connectivity index (χ1) is 26.3. The van der Waals surface area contributed by atoms with Crippen LogP contribution in [0.5, 0.6) is 0 Å². The molecular formula is C48H27N3OS. The molecule has 0 amide bonds. The molecule has 246 valence electrons. The maximum atomic E-state index is 6.21. The highest BCUT2D eigenvalue weighted by molar-refractivity contribution is 7.27. The van der Waals surface area contributed by atoms with Crippen molar-refractivity contribution >= 4 is 96.9 Å². The summed E-state index contributed by atoms with van der Waals surface area (Å²) in [5, 5.41) is 10.6. The van der Waals surface area contributed by atoms with Gasteiger partial charge in [-0.3, -0.25) is 4.57 Å². The standard InChI is InChI=1S/C48H27N3OS/c1-2-12-28(13-3-1)29-23-25-42-37(26-29)44-33-16-5-4-15-32(33)43-35-18-7-10-20-39(35)51(46(43)47(44)53-42)48-49-38-19-9-6-17-34(38)45(50-48)30-22-24-41-36(27-30)31-14-8-11-21-40(31)52-41/h1-27H. The van der Waals surface area contributed by atoms with Gasteiger partial charge in [-0.1, -0.05) is 115 Å². The Kier molecular flexibility index (Phi) is 5.90. The average molecular weight is 694 g/mol. The maximum absolute atomic E-state index is 6.21. The minimum absolute atomic E-state index is 0.654. The van der Waals surface area contributed by atoms with E-state index in [9.17, 15) is 0 Å². The summed E-state index contributed by atoms with van der Waals surface area (Å²) in [6, 6.07) is 58.1. The fourth-order valence-corrected chi connectivity index (χ4v) is 9.69. The smallest absolute Gasteiger partial charge is 0.235 e. The summed E-state index contributed by atoms with van der Waals surface area (Å²) in [4.78, 5) is 10.8. The number of hydrogen-bond acceptors (Lipinski definition) is 4. The monoisotopic (exact) mass is 693 g/mol. The molecule has 0 radical (unpaired) electrons. The van der Waals surface area contributed by atoms with E-state index >= 15 is 0 Å². The SMILES string of the molecule is c1ccc(-c2ccc3sc4c(c3c2)c2ccccc2c2c3ccccc3n(-c3nc(-c5ccc6oc7ccccc7c6c5)c5ccccc5n3)c42)cc1. The molecule has 8 aromatic carbocycles. The first kappa shape index (κ1) is 28.8. The minimum Gasteiger partial charge on any atom is -0.456 e. The zero-order chi connectivity index (χ0) is 34.6. The molecule has 4 heterocycles. The third-order valence-corrected chi connectivity index (χ3v) is 12.0. The molecular weight excluding hydrogens is 667 g/mol. The molecule has 0 aliphatic rings. The zero-order valence-electron chi connectivity index (χ0n) is 28.2. The van der Waals surface area contributed by atoms with Crippen LogP contribution >= 0.6 is 11.3 Å². The Balaban J connectivity index is 1.21. The summed E-state index contributed by atoms with van der Waals surface area (Å²) in [6.07, 6.45) is 0. The van der Waals surface area contributed by atoms with Gasteiger partial charge in [-0.05, 0) is 70.4 Å². The Morgan fingerprint density at radius 3 is 1.98 bits per heavy atom. The van der Waals surface area contributed by atoms with Gasteiger partial charge in [0, 0.05) is 48.0 Å². The zero-order valence-corrected chi connectivity index (χ0v) is 29.1. The second kappa shape index (κ2) is 10.8. The van der Waals surface area contributed by atoms with Crippen molar-refractivity contribution in [1.82, 2.24) is 14.5 Å². The van der Waals surface area contributed by atoms with Gasteiger partial charge >= 0.3 is 0 Å². The van der Waals surface area contributed by atoms with Crippen LogP contribution in [0.25, 0.3) is 114 Å². The molecule has 4 aromatic heterocycles. The van der Waals surface area contributed by atoms with Gasteiger partial charge in [0.1, 0.15) is 11.2 Å². The molecule has 0 aliphatic carbocycles. The Labute approximate surface area is 306 Å². The fraction of sp³-hybridized carbons (Fsp3) is 0. The van der Waals surface area contributed by atoms with E-state index in [1.165, 1.54) is 52.8 Å². The molecule has 12 rings (SSSR count). The number of thiophene rings is 1. The van der Waals surface area contributed by atoms with E-state index in [1.54, 1.807) is 0 Å². The van der Waals surface area contributed by atoms with E-state index in [-0.39, 0.29) is 0 Å². The van der Waals surface area contributed by atoms with Crippen LogP contribution in [0.4, 0.5) is 0 Å². The number of hydrogen-bond donors (Lipinski definition) is 0. The lowest BCUT2D eigenvalue weighted by Crippen LogP contribution is -2.03. The number of benzene rings is 8. The van der Waals surface area contributed by atoms with Crippen molar-refractivity contribution in [2.75, 3.05) is 0 Å². The van der Waals surface area contributed by atoms with E-state index in [4.69, 9.17) is 14.4 Å². The van der Waals surface area contributed by atoms with Crippen LogP contribution in [0, 0.1) is 0 Å². The Hall–Kier alpha value is -6.82. The molecule has 0 bridgehead atoms. The van der Waals surface area contributed by atoms with Gasteiger partial charge in [0.05, 0.1) is 26.9 Å². The molecule has 0 spiro atoms. The topological polar surface area (TPSA) is 43.9 Å². The minimum atomic E-state index is 0.654. The van der Waals surface area contributed by atoms with Gasteiger partial charge in [0.15, 0.2) is 0 Å². The quantitative estimate of drug-likeness (QED) is 0.185. The van der Waals surface area contributed by atoms with Crippen LogP contribution < -0.4 is 0 Å². The van der Waals surface area contributed by atoms with Crippen LogP contribution in [0.2, 0.25) is 0 Å². The molecule has 0 atom stereocenters. The predicted octanol–water partition coefficient (Wildman–Crippen LogP) is 13.5. The van der Waals surface area contributed by atoms with Gasteiger partial charge in [0.2, 0.25) is 5.95 Å². The lowest BCUT2D eigenvalue weighted by atomic mass is 9.97. The number of aromatic nitrogens is 3. The van der Waals surface area contributed by atoms with E-state index in [2.05, 4.69) is 156 Å². The van der Waals surface area contributed by atoms with Gasteiger partial charge in [-0.15, -0.1) is 11.3 Å². The summed E-state index contributed by atoms with van der Waals surface area (Å²) >= 11 is 1.85. The highest BCUT2D eigenvalue weighted by Gasteiger charge is 2.24. The van der Waals surface area contributed by atoms with Crippen molar-refractivity contribution in [3.63, 3.8) is 0 Å². The van der Waals surface area contributed by atoms with Crippen LogP contribution in [-0.4, -0.2) is 14.5 Å². The van der Waals surface area contributed by atoms with Crippen molar-refractivity contribution in [2.24, 2.45) is 0 Å². The molecule has 0 fully saturated rings. The van der Waals surface area contributed by atoms with Crippen molar-refractivity contribution < 1.29 is 4.42 Å². The molecule has 12 aromatic rings. The molecule has 53 heavy (non-hydrogen) atoms. The van der Waals surface area contributed by atoms with Gasteiger partial charge in [-0.2, -0.15) is 0 Å². The molecule has 4 nitrogen and oxygen atoms in total. The first-order valence-corrected chi connectivity index (χ1v) is 18.6. The number of nitrogens with zero attached hydrogens (tertiary/aromatic N) is 3. The third kappa shape index (κ3) is 4.11. The van der Waals surface area contributed by atoms with E-state index in [0.717, 1.165) is 55.1 Å². The predicted molar refractivity (Wildman–Crippen MR) is 222 cm³/mol. The highest BCUT2D eigenvalue weighted by Crippen LogP contribution is 2.48. The molecule has 0 N–H and O–H groups in total. The summed E-state index contributed by atoms with van der Waals surface area (Å²) in [7, 11) is 0. The Bertz CT molecular complexity index is 3460. The fourth-order valence-electron chi connectivity index (χ4n) is 8.45. The van der Waals surface area contributed by atoms with Crippen molar-refractivity contribution in [2.45, 2.75) is 0 Å². The molecule has 0 unspecified atom stereocenters. The number of furan rings is 1. The largest absolute Gasteiger partial charge is 0.456 e. The van der Waals surface area contributed by atoms with Crippen LogP contribution in [0.15, 0.2) is 168 Å². The lowest BCUT2D eigenvalue weighted by Gasteiger charge is -2.13. The Morgan fingerprint density at radius 1 is 0.453 bits per heavy atom.